The van der Waals surface area contributed by atoms with Crippen LogP contribution >= 0.6 is 0 Å². The van der Waals surface area contributed by atoms with Crippen molar-refractivity contribution in [1.29, 1.82) is 0 Å². The van der Waals surface area contributed by atoms with Crippen LogP contribution < -0.4 is 4.74 Å². The van der Waals surface area contributed by atoms with Crippen LogP contribution in [0.2, 0.25) is 0 Å². The van der Waals surface area contributed by atoms with Crippen molar-refractivity contribution >= 4 is 0 Å². The molecule has 0 aromatic heterocycles. The fourth-order valence-corrected chi connectivity index (χ4v) is 2.44. The lowest BCUT2D eigenvalue weighted by Crippen LogP contribution is -2.28. The van der Waals surface area contributed by atoms with Crippen molar-refractivity contribution in [3.8, 4) is 11.5 Å². The Morgan fingerprint density at radius 3 is 2.84 bits per heavy atom. The average Bonchev–Trinajstić information content (AvgIpc) is 2.59. The second-order valence-electron chi connectivity index (χ2n) is 5.17. The Morgan fingerprint density at radius 2 is 2.05 bits per heavy atom. The molecule has 1 aromatic rings. The van der Waals surface area contributed by atoms with Gasteiger partial charge >= 0.3 is 0 Å². The lowest BCUT2D eigenvalue weighted by atomic mass is 10.2. The maximum absolute atomic E-state index is 9.71. The van der Waals surface area contributed by atoms with Gasteiger partial charge in [-0.25, -0.2) is 0 Å². The van der Waals surface area contributed by atoms with E-state index in [1.54, 1.807) is 6.07 Å². The Balaban J connectivity index is 2.00. The zero-order valence-electron chi connectivity index (χ0n) is 11.9. The maximum atomic E-state index is 9.71. The van der Waals surface area contributed by atoms with Crippen molar-refractivity contribution in [1.82, 2.24) is 9.80 Å². The zero-order chi connectivity index (χ0) is 13.7. The lowest BCUT2D eigenvalue weighted by molar-refractivity contribution is 0.268. The number of benzene rings is 1. The summed E-state index contributed by atoms with van der Waals surface area (Å²) < 4.78 is 5.43. The van der Waals surface area contributed by atoms with Gasteiger partial charge in [0.1, 0.15) is 0 Å². The largest absolute Gasteiger partial charge is 0.504 e. The highest BCUT2D eigenvalue weighted by atomic mass is 16.5. The van der Waals surface area contributed by atoms with Crippen LogP contribution in [0.3, 0.4) is 0 Å². The minimum atomic E-state index is 0.223. The van der Waals surface area contributed by atoms with E-state index in [-0.39, 0.29) is 5.75 Å². The van der Waals surface area contributed by atoms with Gasteiger partial charge in [-0.2, -0.15) is 0 Å². The van der Waals surface area contributed by atoms with E-state index in [1.165, 1.54) is 18.5 Å². The van der Waals surface area contributed by atoms with Gasteiger partial charge < -0.3 is 14.7 Å². The molecule has 106 valence electrons. The molecule has 4 nitrogen and oxygen atoms in total. The number of hydrogen-bond acceptors (Lipinski definition) is 4. The molecule has 0 aliphatic carbocycles. The summed E-state index contributed by atoms with van der Waals surface area (Å²) in [6.07, 6.45) is 1.22. The number of ether oxygens (including phenoxy) is 1. The van der Waals surface area contributed by atoms with Crippen LogP contribution in [0.1, 0.15) is 18.9 Å². The van der Waals surface area contributed by atoms with Gasteiger partial charge in [0.15, 0.2) is 11.5 Å². The fourth-order valence-electron chi connectivity index (χ4n) is 2.44. The summed E-state index contributed by atoms with van der Waals surface area (Å²) >= 11 is 0. The highest BCUT2D eigenvalue weighted by molar-refractivity contribution is 5.41. The summed E-state index contributed by atoms with van der Waals surface area (Å²) in [7, 11) is 2.18. The van der Waals surface area contributed by atoms with E-state index in [0.29, 0.717) is 12.4 Å². The van der Waals surface area contributed by atoms with Crippen molar-refractivity contribution in [3.63, 3.8) is 0 Å². The third-order valence-electron chi connectivity index (χ3n) is 3.54. The van der Waals surface area contributed by atoms with Gasteiger partial charge in [-0.1, -0.05) is 6.07 Å². The molecule has 1 N–H and O–H groups in total. The summed E-state index contributed by atoms with van der Waals surface area (Å²) in [4.78, 5) is 4.84. The van der Waals surface area contributed by atoms with Gasteiger partial charge in [-0.3, -0.25) is 4.90 Å². The predicted octanol–water partition coefficient (Wildman–Crippen LogP) is 1.93. The molecule has 0 saturated carbocycles. The Morgan fingerprint density at radius 1 is 1.21 bits per heavy atom. The molecule has 1 fully saturated rings. The normalized spacial score (nSPS) is 18.2. The first kappa shape index (κ1) is 14.2. The predicted molar refractivity (Wildman–Crippen MR) is 76.7 cm³/mol. The third kappa shape index (κ3) is 4.11. The SMILES string of the molecule is CCOc1cc(CN2CCCN(C)CC2)ccc1O. The average molecular weight is 264 g/mol. The van der Waals surface area contributed by atoms with Gasteiger partial charge in [0.05, 0.1) is 6.61 Å². The van der Waals surface area contributed by atoms with Crippen molar-refractivity contribution in [2.45, 2.75) is 19.9 Å². The quantitative estimate of drug-likeness (QED) is 0.901. The number of aromatic hydroxyl groups is 1. The summed E-state index contributed by atoms with van der Waals surface area (Å²) in [6.45, 7) is 7.96. The van der Waals surface area contributed by atoms with E-state index >= 15 is 0 Å². The summed E-state index contributed by atoms with van der Waals surface area (Å²) in [5.74, 6) is 0.813. The van der Waals surface area contributed by atoms with E-state index in [1.807, 2.05) is 19.1 Å². The Bertz CT molecular complexity index is 409. The van der Waals surface area contributed by atoms with Gasteiger partial charge in [0, 0.05) is 19.6 Å². The van der Waals surface area contributed by atoms with E-state index in [4.69, 9.17) is 4.74 Å². The van der Waals surface area contributed by atoms with Crippen molar-refractivity contribution in [3.05, 3.63) is 23.8 Å². The van der Waals surface area contributed by atoms with Gasteiger partial charge in [0.25, 0.3) is 0 Å². The van der Waals surface area contributed by atoms with E-state index < -0.39 is 0 Å². The number of hydrogen-bond donors (Lipinski definition) is 1. The molecule has 1 saturated heterocycles. The van der Waals surface area contributed by atoms with E-state index in [0.717, 1.165) is 26.2 Å². The van der Waals surface area contributed by atoms with Crippen LogP contribution in [-0.4, -0.2) is 54.7 Å². The van der Waals surface area contributed by atoms with Crippen molar-refractivity contribution < 1.29 is 9.84 Å². The van der Waals surface area contributed by atoms with Crippen LogP contribution in [0.5, 0.6) is 11.5 Å². The number of phenols is 1. The molecule has 0 amide bonds. The number of likely N-dealkylation sites (N-methyl/N-ethyl adjacent to an activating group) is 1. The monoisotopic (exact) mass is 264 g/mol. The smallest absolute Gasteiger partial charge is 0.161 e. The van der Waals surface area contributed by atoms with Crippen LogP contribution in [-0.2, 0) is 6.54 Å². The van der Waals surface area contributed by atoms with Crippen molar-refractivity contribution in [2.75, 3.05) is 39.8 Å². The van der Waals surface area contributed by atoms with Crippen LogP contribution in [0, 0.1) is 0 Å². The number of nitrogens with zero attached hydrogens (tertiary/aromatic N) is 2. The second kappa shape index (κ2) is 6.78. The standard InChI is InChI=1S/C15H24N2O2/c1-3-19-15-11-13(5-6-14(15)18)12-17-8-4-7-16(2)9-10-17/h5-6,11,18H,3-4,7-10,12H2,1-2H3. The van der Waals surface area contributed by atoms with Crippen molar-refractivity contribution in [2.24, 2.45) is 0 Å². The zero-order valence-corrected chi connectivity index (χ0v) is 11.9. The number of phenolic OH excluding ortho intramolecular Hbond substituents is 1. The Labute approximate surface area is 115 Å². The van der Waals surface area contributed by atoms with E-state index in [9.17, 15) is 5.11 Å². The minimum Gasteiger partial charge on any atom is -0.504 e. The highest BCUT2D eigenvalue weighted by Crippen LogP contribution is 2.27. The molecule has 0 spiro atoms. The van der Waals surface area contributed by atoms with Gasteiger partial charge in [0.2, 0.25) is 0 Å². The summed E-state index contributed by atoms with van der Waals surface area (Å²) in [5.41, 5.74) is 1.20. The second-order valence-corrected chi connectivity index (χ2v) is 5.17. The Hall–Kier alpha value is -1.26. The molecule has 2 rings (SSSR count). The first-order chi connectivity index (χ1) is 9.19. The maximum Gasteiger partial charge on any atom is 0.161 e. The molecule has 0 atom stereocenters. The lowest BCUT2D eigenvalue weighted by Gasteiger charge is -2.20. The molecule has 0 radical (unpaired) electrons. The molecular weight excluding hydrogens is 240 g/mol. The molecule has 0 unspecified atom stereocenters. The topological polar surface area (TPSA) is 35.9 Å². The van der Waals surface area contributed by atoms with Crippen LogP contribution in [0.4, 0.5) is 0 Å². The molecular formula is C15H24N2O2. The van der Waals surface area contributed by atoms with Crippen LogP contribution in [0.25, 0.3) is 0 Å². The van der Waals surface area contributed by atoms with Gasteiger partial charge in [-0.15, -0.1) is 0 Å². The molecule has 1 aromatic carbocycles. The van der Waals surface area contributed by atoms with Crippen LogP contribution in [0.15, 0.2) is 18.2 Å². The minimum absolute atomic E-state index is 0.223. The first-order valence-corrected chi connectivity index (χ1v) is 7.04. The summed E-state index contributed by atoms with van der Waals surface area (Å²) in [6, 6.07) is 5.66. The fraction of sp³-hybridized carbons (Fsp3) is 0.600. The Kier molecular flexibility index (Phi) is 5.05. The molecule has 1 aliphatic rings. The highest BCUT2D eigenvalue weighted by Gasteiger charge is 2.13. The summed E-state index contributed by atoms with van der Waals surface area (Å²) in [5, 5.41) is 9.71. The van der Waals surface area contributed by atoms with E-state index in [2.05, 4.69) is 16.8 Å². The molecule has 1 aliphatic heterocycles. The molecule has 1 heterocycles. The van der Waals surface area contributed by atoms with Gasteiger partial charge in [-0.05, 0) is 51.2 Å². The molecule has 4 heteroatoms. The molecule has 19 heavy (non-hydrogen) atoms. The molecule has 0 bridgehead atoms. The third-order valence-corrected chi connectivity index (χ3v) is 3.54. The first-order valence-electron chi connectivity index (χ1n) is 7.04. The number of rotatable bonds is 4.